The molecule has 0 saturated heterocycles. The lowest BCUT2D eigenvalue weighted by molar-refractivity contribution is -0.101. The van der Waals surface area contributed by atoms with Crippen LogP contribution in [0, 0.1) is 0 Å². The van der Waals surface area contributed by atoms with E-state index >= 15 is 0 Å². The van der Waals surface area contributed by atoms with Crippen molar-refractivity contribution in [3.05, 3.63) is 35.8 Å². The summed E-state index contributed by atoms with van der Waals surface area (Å²) in [6.45, 7) is 2.23. The number of hydrogen-bond donors (Lipinski definition) is 2. The van der Waals surface area contributed by atoms with E-state index in [1.807, 2.05) is 6.92 Å². The minimum atomic E-state index is -0.972. The van der Waals surface area contributed by atoms with Gasteiger partial charge in [-0.05, 0) is 24.6 Å². The van der Waals surface area contributed by atoms with Gasteiger partial charge in [-0.2, -0.15) is 0 Å². The van der Waals surface area contributed by atoms with Crippen molar-refractivity contribution in [3.63, 3.8) is 0 Å². The van der Waals surface area contributed by atoms with E-state index in [0.29, 0.717) is 17.9 Å². The molecule has 1 unspecified atom stereocenters. The molecule has 2 N–H and O–H groups in total. The third-order valence-corrected chi connectivity index (χ3v) is 2.37. The van der Waals surface area contributed by atoms with Crippen molar-refractivity contribution in [1.82, 2.24) is 9.38 Å². The SMILES string of the molecule is CCOC(O)c1cnc2cc(CO)ccn12. The highest BCUT2D eigenvalue weighted by atomic mass is 16.6. The van der Waals surface area contributed by atoms with E-state index in [1.54, 1.807) is 28.9 Å². The van der Waals surface area contributed by atoms with Crippen LogP contribution >= 0.6 is 0 Å². The molecule has 0 aliphatic heterocycles. The molecule has 16 heavy (non-hydrogen) atoms. The summed E-state index contributed by atoms with van der Waals surface area (Å²) in [5.74, 6) is 0. The summed E-state index contributed by atoms with van der Waals surface area (Å²) in [5, 5.41) is 18.7. The van der Waals surface area contributed by atoms with Crippen LogP contribution in [0.3, 0.4) is 0 Å². The van der Waals surface area contributed by atoms with Gasteiger partial charge in [-0.15, -0.1) is 0 Å². The first-order chi connectivity index (χ1) is 7.76. The highest BCUT2D eigenvalue weighted by molar-refractivity contribution is 5.43. The molecule has 2 aromatic rings. The molecule has 2 rings (SSSR count). The largest absolute Gasteiger partial charge is 0.392 e. The highest BCUT2D eigenvalue weighted by Crippen LogP contribution is 2.17. The summed E-state index contributed by atoms with van der Waals surface area (Å²) in [7, 11) is 0. The fraction of sp³-hybridized carbons (Fsp3) is 0.364. The summed E-state index contributed by atoms with van der Waals surface area (Å²) >= 11 is 0. The lowest BCUT2D eigenvalue weighted by Gasteiger charge is -2.09. The summed E-state index contributed by atoms with van der Waals surface area (Å²) in [5.41, 5.74) is 2.05. The number of aliphatic hydroxyl groups excluding tert-OH is 2. The van der Waals surface area contributed by atoms with Crippen LogP contribution in [0.15, 0.2) is 24.5 Å². The van der Waals surface area contributed by atoms with E-state index in [4.69, 9.17) is 9.84 Å². The Hall–Kier alpha value is -1.43. The molecular weight excluding hydrogens is 208 g/mol. The van der Waals surface area contributed by atoms with Crippen LogP contribution in [0.5, 0.6) is 0 Å². The molecule has 86 valence electrons. The molecule has 5 nitrogen and oxygen atoms in total. The van der Waals surface area contributed by atoms with E-state index in [-0.39, 0.29) is 6.61 Å². The van der Waals surface area contributed by atoms with Gasteiger partial charge in [0.1, 0.15) is 5.65 Å². The van der Waals surface area contributed by atoms with Crippen LogP contribution in [0.2, 0.25) is 0 Å². The standard InChI is InChI=1S/C11H14N2O3/c1-2-16-11(15)9-6-12-10-5-8(7-14)3-4-13(9)10/h3-6,11,14-15H,2,7H2,1H3. The molecule has 0 aromatic carbocycles. The van der Waals surface area contributed by atoms with Crippen molar-refractivity contribution >= 4 is 5.65 Å². The fourth-order valence-corrected chi connectivity index (χ4v) is 1.57. The maximum absolute atomic E-state index is 9.70. The molecule has 0 saturated carbocycles. The minimum absolute atomic E-state index is 0.0211. The van der Waals surface area contributed by atoms with Crippen LogP contribution in [-0.4, -0.2) is 26.2 Å². The van der Waals surface area contributed by atoms with Gasteiger partial charge in [0.25, 0.3) is 0 Å². The number of ether oxygens (including phenoxy) is 1. The molecule has 0 radical (unpaired) electrons. The third-order valence-electron chi connectivity index (χ3n) is 2.37. The van der Waals surface area contributed by atoms with Crippen molar-refractivity contribution in [2.45, 2.75) is 19.8 Å². The van der Waals surface area contributed by atoms with Crippen molar-refractivity contribution in [2.24, 2.45) is 0 Å². The Kier molecular flexibility index (Phi) is 3.19. The Balaban J connectivity index is 2.41. The van der Waals surface area contributed by atoms with Gasteiger partial charge in [-0.1, -0.05) is 0 Å². The maximum atomic E-state index is 9.70. The number of aliphatic hydroxyl groups is 2. The lowest BCUT2D eigenvalue weighted by atomic mass is 10.3. The quantitative estimate of drug-likeness (QED) is 0.753. The topological polar surface area (TPSA) is 67.0 Å². The molecule has 5 heteroatoms. The van der Waals surface area contributed by atoms with Crippen LogP contribution in [0.25, 0.3) is 5.65 Å². The third kappa shape index (κ3) is 1.92. The zero-order valence-corrected chi connectivity index (χ0v) is 9.00. The number of aromatic nitrogens is 2. The number of pyridine rings is 1. The second kappa shape index (κ2) is 4.61. The van der Waals surface area contributed by atoms with Crippen molar-refractivity contribution in [2.75, 3.05) is 6.61 Å². The van der Waals surface area contributed by atoms with E-state index in [2.05, 4.69) is 4.98 Å². The zero-order valence-electron chi connectivity index (χ0n) is 9.00. The van der Waals surface area contributed by atoms with Gasteiger partial charge in [-0.25, -0.2) is 4.98 Å². The van der Waals surface area contributed by atoms with Crippen LogP contribution < -0.4 is 0 Å². The van der Waals surface area contributed by atoms with Gasteiger partial charge in [0.15, 0.2) is 6.29 Å². The summed E-state index contributed by atoms with van der Waals surface area (Å²) in [6.07, 6.45) is 2.35. The Morgan fingerprint density at radius 1 is 1.56 bits per heavy atom. The van der Waals surface area contributed by atoms with Gasteiger partial charge in [0.05, 0.1) is 18.5 Å². The van der Waals surface area contributed by atoms with E-state index in [0.717, 1.165) is 5.56 Å². The maximum Gasteiger partial charge on any atom is 0.198 e. The molecule has 0 spiro atoms. The summed E-state index contributed by atoms with van der Waals surface area (Å²) in [4.78, 5) is 4.14. The molecule has 0 fully saturated rings. The van der Waals surface area contributed by atoms with Crippen LogP contribution in [-0.2, 0) is 11.3 Å². The van der Waals surface area contributed by atoms with E-state index < -0.39 is 6.29 Å². The lowest BCUT2D eigenvalue weighted by Crippen LogP contribution is -2.06. The average Bonchev–Trinajstić information content (AvgIpc) is 2.71. The number of nitrogens with zero attached hydrogens (tertiary/aromatic N) is 2. The smallest absolute Gasteiger partial charge is 0.198 e. The molecular formula is C11H14N2O3. The number of hydrogen-bond acceptors (Lipinski definition) is 4. The zero-order chi connectivity index (χ0) is 11.5. The molecule has 2 heterocycles. The summed E-state index contributed by atoms with van der Waals surface area (Å²) in [6, 6.07) is 3.54. The molecule has 0 aliphatic carbocycles. The molecule has 0 aliphatic rings. The van der Waals surface area contributed by atoms with E-state index in [1.165, 1.54) is 0 Å². The van der Waals surface area contributed by atoms with Gasteiger partial charge in [-0.3, -0.25) is 4.40 Å². The first-order valence-electron chi connectivity index (χ1n) is 5.12. The number of rotatable bonds is 4. The van der Waals surface area contributed by atoms with Gasteiger partial charge < -0.3 is 14.9 Å². The summed E-state index contributed by atoms with van der Waals surface area (Å²) < 4.78 is 6.83. The van der Waals surface area contributed by atoms with Crippen molar-refractivity contribution in [3.8, 4) is 0 Å². The van der Waals surface area contributed by atoms with Gasteiger partial charge in [0.2, 0.25) is 0 Å². The number of imidazole rings is 1. The second-order valence-electron chi connectivity index (χ2n) is 3.41. The molecule has 1 atom stereocenters. The Labute approximate surface area is 92.9 Å². The van der Waals surface area contributed by atoms with Crippen LogP contribution in [0.4, 0.5) is 0 Å². The predicted molar refractivity (Wildman–Crippen MR) is 57.7 cm³/mol. The van der Waals surface area contributed by atoms with Gasteiger partial charge >= 0.3 is 0 Å². The fourth-order valence-electron chi connectivity index (χ4n) is 1.57. The van der Waals surface area contributed by atoms with Gasteiger partial charge in [0, 0.05) is 12.8 Å². The Bertz CT molecular complexity index is 481. The average molecular weight is 222 g/mol. The minimum Gasteiger partial charge on any atom is -0.392 e. The second-order valence-corrected chi connectivity index (χ2v) is 3.41. The number of fused-ring (bicyclic) bond motifs is 1. The Morgan fingerprint density at radius 2 is 2.38 bits per heavy atom. The Morgan fingerprint density at radius 3 is 3.06 bits per heavy atom. The van der Waals surface area contributed by atoms with E-state index in [9.17, 15) is 5.11 Å². The monoisotopic (exact) mass is 222 g/mol. The molecule has 2 aromatic heterocycles. The highest BCUT2D eigenvalue weighted by Gasteiger charge is 2.12. The normalized spacial score (nSPS) is 13.2. The van der Waals surface area contributed by atoms with Crippen molar-refractivity contribution in [1.29, 1.82) is 0 Å². The first-order valence-corrected chi connectivity index (χ1v) is 5.12. The first kappa shape index (κ1) is 11.1. The molecule has 0 amide bonds. The van der Waals surface area contributed by atoms with Crippen LogP contribution in [0.1, 0.15) is 24.5 Å². The molecule has 0 bridgehead atoms. The predicted octanol–water partition coefficient (Wildman–Crippen LogP) is 0.854. The van der Waals surface area contributed by atoms with Crippen molar-refractivity contribution < 1.29 is 14.9 Å².